The van der Waals surface area contributed by atoms with Crippen molar-refractivity contribution in [3.8, 4) is 28.1 Å². The fourth-order valence-corrected chi connectivity index (χ4v) is 8.85. The molecule has 57 heavy (non-hydrogen) atoms. The Balaban J connectivity index is 1.03. The number of hydrogen-bond acceptors (Lipinski definition) is 9. The van der Waals surface area contributed by atoms with Crippen molar-refractivity contribution in [2.24, 2.45) is 16.8 Å². The lowest BCUT2D eigenvalue weighted by molar-refractivity contribution is -0.134. The van der Waals surface area contributed by atoms with E-state index in [-0.39, 0.29) is 35.9 Å². The maximum atomic E-state index is 14.1. The number of imidazole rings is 1. The van der Waals surface area contributed by atoms with Gasteiger partial charge in [0.25, 0.3) is 0 Å². The predicted octanol–water partition coefficient (Wildman–Crippen LogP) is 7.73. The highest BCUT2D eigenvalue weighted by atomic mass is 16.6. The second kappa shape index (κ2) is 15.1. The Morgan fingerprint density at radius 2 is 1.86 bits per heavy atom. The first-order valence-electron chi connectivity index (χ1n) is 19.9. The molecular weight excluding hydrogens is 725 g/mol. The summed E-state index contributed by atoms with van der Waals surface area (Å²) < 4.78 is 22.5. The second-order valence-electron chi connectivity index (χ2n) is 17.0. The number of alkyl carbamates (subject to hydrolysis) is 1. The van der Waals surface area contributed by atoms with Crippen LogP contribution >= 0.6 is 0 Å². The monoisotopic (exact) mass is 776 g/mol. The van der Waals surface area contributed by atoms with Gasteiger partial charge in [0.2, 0.25) is 5.91 Å². The summed E-state index contributed by atoms with van der Waals surface area (Å²) in [5, 5.41) is 4.93. The third-order valence-corrected chi connectivity index (χ3v) is 11.6. The topological polar surface area (TPSA) is 148 Å². The largest absolute Gasteiger partial charge is 0.488 e. The molecule has 2 N–H and O–H groups in total. The van der Waals surface area contributed by atoms with E-state index in [2.05, 4.69) is 52.8 Å². The SMILES string of the molecule is COC[C@H]1C[C@@H](C2=Nc3ccc4cc5c(cc4c3C2)OCc2cc(-c3cnc(C4CCCN4C(=O)OC(C)(C)C)[nH]3)ccc2-5)N(C(=O)[C@@H](NC(=O)OC)C(C)C)C1. The Kier molecular flexibility index (Phi) is 10.2. The first-order chi connectivity index (χ1) is 27.3. The van der Waals surface area contributed by atoms with E-state index in [9.17, 15) is 14.4 Å². The number of aromatic nitrogens is 2. The van der Waals surface area contributed by atoms with Gasteiger partial charge in [-0.15, -0.1) is 0 Å². The van der Waals surface area contributed by atoms with Crippen molar-refractivity contribution in [3.05, 3.63) is 65.6 Å². The zero-order chi connectivity index (χ0) is 40.2. The Morgan fingerprint density at radius 1 is 1.04 bits per heavy atom. The average molecular weight is 777 g/mol. The van der Waals surface area contributed by atoms with Crippen LogP contribution in [0.25, 0.3) is 33.2 Å². The molecule has 4 aliphatic rings. The molecule has 0 saturated carbocycles. The lowest BCUT2D eigenvalue weighted by Crippen LogP contribution is -2.53. The standard InChI is InChI=1S/C44H52N6O7/c1-24(2)39(48-42(52)55-7)41(51)50-21-25(22-54-6)15-37(50)34-18-31-30-19-38-32(17-26(30)11-13-33(31)46-34)29-12-10-27(16-28(29)23-56-38)35-20-45-40(47-35)36-9-8-14-49(36)43(53)57-44(3,4)5/h10-13,16-17,19-20,24-25,36-37,39H,8-9,14-15,18,21-23H2,1-7H3,(H,45,47)(H,48,52)/t25-,36?,37-,39-/m0/s1. The Morgan fingerprint density at radius 3 is 2.61 bits per heavy atom. The zero-order valence-electron chi connectivity index (χ0n) is 33.8. The molecule has 0 radical (unpaired) electrons. The minimum absolute atomic E-state index is 0.132. The Bertz CT molecular complexity index is 2260. The van der Waals surface area contributed by atoms with Gasteiger partial charge in [-0.3, -0.25) is 14.7 Å². The van der Waals surface area contributed by atoms with Gasteiger partial charge in [-0.2, -0.15) is 0 Å². The zero-order valence-corrected chi connectivity index (χ0v) is 33.8. The van der Waals surface area contributed by atoms with Crippen molar-refractivity contribution in [1.82, 2.24) is 25.1 Å². The summed E-state index contributed by atoms with van der Waals surface area (Å²) in [5.74, 6) is 1.46. The molecule has 4 aliphatic heterocycles. The summed E-state index contributed by atoms with van der Waals surface area (Å²) in [6, 6.07) is 13.8. The number of H-pyrrole nitrogens is 1. The minimum Gasteiger partial charge on any atom is -0.488 e. The highest BCUT2D eigenvalue weighted by molar-refractivity contribution is 6.06. The first kappa shape index (κ1) is 38.4. The lowest BCUT2D eigenvalue weighted by Gasteiger charge is -2.31. The van der Waals surface area contributed by atoms with Gasteiger partial charge >= 0.3 is 12.2 Å². The molecule has 0 aliphatic carbocycles. The molecule has 0 spiro atoms. The van der Waals surface area contributed by atoms with E-state index in [0.717, 1.165) is 86.5 Å². The van der Waals surface area contributed by atoms with Crippen LogP contribution in [0.15, 0.2) is 53.7 Å². The molecule has 4 aromatic rings. The van der Waals surface area contributed by atoms with Crippen LogP contribution in [0.4, 0.5) is 15.3 Å². The van der Waals surface area contributed by atoms with E-state index < -0.39 is 17.7 Å². The summed E-state index contributed by atoms with van der Waals surface area (Å²) in [5.41, 5.74) is 7.51. The Labute approximate surface area is 333 Å². The normalized spacial score (nSPS) is 20.5. The van der Waals surface area contributed by atoms with E-state index in [4.69, 9.17) is 28.9 Å². The van der Waals surface area contributed by atoms with Gasteiger partial charge in [0.05, 0.1) is 43.4 Å². The van der Waals surface area contributed by atoms with Crippen LogP contribution in [0.2, 0.25) is 0 Å². The molecule has 13 nitrogen and oxygen atoms in total. The number of carbonyl (C=O) groups is 3. The molecular formula is C44H52N6O7. The molecule has 4 atom stereocenters. The van der Waals surface area contributed by atoms with Crippen LogP contribution in [0.3, 0.4) is 0 Å². The number of aliphatic imine (C=N–C) groups is 1. The van der Waals surface area contributed by atoms with Gasteiger partial charge in [0, 0.05) is 43.8 Å². The van der Waals surface area contributed by atoms with Crippen LogP contribution in [0.1, 0.15) is 76.9 Å². The van der Waals surface area contributed by atoms with Crippen molar-refractivity contribution >= 4 is 40.3 Å². The maximum absolute atomic E-state index is 14.1. The fraction of sp³-hybridized carbons (Fsp3) is 0.477. The molecule has 1 unspecified atom stereocenters. The van der Waals surface area contributed by atoms with E-state index in [1.165, 1.54) is 7.11 Å². The lowest BCUT2D eigenvalue weighted by atomic mass is 9.90. The number of benzene rings is 3. The third kappa shape index (κ3) is 7.45. The second-order valence-corrected chi connectivity index (χ2v) is 17.0. The molecule has 13 heteroatoms. The molecule has 3 aromatic carbocycles. The van der Waals surface area contributed by atoms with Crippen molar-refractivity contribution in [3.63, 3.8) is 0 Å². The molecule has 8 rings (SSSR count). The summed E-state index contributed by atoms with van der Waals surface area (Å²) in [6.07, 6.45) is 3.96. The number of methoxy groups -OCH3 is 2. The molecule has 5 heterocycles. The number of likely N-dealkylation sites (tertiary alicyclic amines) is 2. The molecule has 2 fully saturated rings. The van der Waals surface area contributed by atoms with Gasteiger partial charge in [0.1, 0.15) is 29.8 Å². The summed E-state index contributed by atoms with van der Waals surface area (Å²) in [7, 11) is 2.98. The average Bonchev–Trinajstić information content (AvgIpc) is 4.01. The molecule has 3 amide bonds. The molecule has 2 saturated heterocycles. The number of carbonyl (C=O) groups excluding carboxylic acids is 3. The van der Waals surface area contributed by atoms with E-state index >= 15 is 0 Å². The molecule has 0 bridgehead atoms. The number of nitrogens with one attached hydrogen (secondary N) is 2. The summed E-state index contributed by atoms with van der Waals surface area (Å²) in [4.78, 5) is 56.2. The third-order valence-electron chi connectivity index (χ3n) is 11.6. The smallest absolute Gasteiger partial charge is 0.410 e. The number of aromatic amines is 1. The van der Waals surface area contributed by atoms with Crippen molar-refractivity contribution in [2.45, 2.75) is 90.6 Å². The van der Waals surface area contributed by atoms with Crippen molar-refractivity contribution in [2.75, 3.05) is 33.9 Å². The number of amides is 3. The van der Waals surface area contributed by atoms with Gasteiger partial charge in [0.15, 0.2) is 0 Å². The number of fused-ring (bicyclic) bond motifs is 6. The number of rotatable bonds is 8. The van der Waals surface area contributed by atoms with Crippen LogP contribution in [0, 0.1) is 11.8 Å². The minimum atomic E-state index is -0.722. The first-order valence-corrected chi connectivity index (χ1v) is 19.9. The van der Waals surface area contributed by atoms with Crippen molar-refractivity contribution < 1.29 is 33.3 Å². The summed E-state index contributed by atoms with van der Waals surface area (Å²) in [6.45, 7) is 11.6. The van der Waals surface area contributed by atoms with Crippen LogP contribution < -0.4 is 10.1 Å². The van der Waals surface area contributed by atoms with Crippen LogP contribution in [0.5, 0.6) is 5.75 Å². The molecule has 300 valence electrons. The van der Waals surface area contributed by atoms with Crippen LogP contribution in [-0.2, 0) is 32.0 Å². The van der Waals surface area contributed by atoms with Crippen LogP contribution in [-0.4, -0.2) is 95.2 Å². The predicted molar refractivity (Wildman–Crippen MR) is 217 cm³/mol. The van der Waals surface area contributed by atoms with Crippen molar-refractivity contribution in [1.29, 1.82) is 0 Å². The maximum Gasteiger partial charge on any atom is 0.410 e. The molecule has 1 aromatic heterocycles. The number of nitrogens with zero attached hydrogens (tertiary/aromatic N) is 4. The quantitative estimate of drug-likeness (QED) is 0.185. The fourth-order valence-electron chi connectivity index (χ4n) is 8.85. The Hall–Kier alpha value is -5.43. The van der Waals surface area contributed by atoms with Gasteiger partial charge in [-0.1, -0.05) is 32.0 Å². The van der Waals surface area contributed by atoms with E-state index in [0.29, 0.717) is 32.7 Å². The number of ether oxygens (including phenoxy) is 4. The summed E-state index contributed by atoms with van der Waals surface area (Å²) >= 11 is 0. The van der Waals surface area contributed by atoms with Gasteiger partial charge < -0.3 is 34.1 Å². The van der Waals surface area contributed by atoms with Gasteiger partial charge in [-0.05, 0) is 103 Å². The van der Waals surface area contributed by atoms with E-state index in [1.54, 1.807) is 12.0 Å². The van der Waals surface area contributed by atoms with Gasteiger partial charge in [-0.25, -0.2) is 14.6 Å². The van der Waals surface area contributed by atoms with E-state index in [1.807, 2.05) is 45.7 Å². The highest BCUT2D eigenvalue weighted by Gasteiger charge is 2.43. The number of hydrogen-bond donors (Lipinski definition) is 2. The highest BCUT2D eigenvalue weighted by Crippen LogP contribution is 2.45.